The van der Waals surface area contributed by atoms with Crippen molar-refractivity contribution in [2.75, 3.05) is 17.5 Å². The molecule has 8 nitrogen and oxygen atoms in total. The third-order valence-electron chi connectivity index (χ3n) is 6.76. The van der Waals surface area contributed by atoms with Gasteiger partial charge in [-0.25, -0.2) is 8.42 Å². The average Bonchev–Trinajstić information content (AvgIpc) is 2.95. The van der Waals surface area contributed by atoms with Gasteiger partial charge in [-0.15, -0.1) is 0 Å². The van der Waals surface area contributed by atoms with E-state index in [0.717, 1.165) is 26.3 Å². The van der Waals surface area contributed by atoms with Crippen LogP contribution >= 0.6 is 15.9 Å². The minimum atomic E-state index is -4.13. The summed E-state index contributed by atoms with van der Waals surface area (Å²) in [5, 5.41) is 2.94. The first-order valence-electron chi connectivity index (χ1n) is 13.6. The van der Waals surface area contributed by atoms with Crippen molar-refractivity contribution in [1.29, 1.82) is 0 Å². The van der Waals surface area contributed by atoms with Gasteiger partial charge in [-0.05, 0) is 88.2 Å². The fourth-order valence-electron chi connectivity index (χ4n) is 4.08. The van der Waals surface area contributed by atoms with Crippen LogP contribution in [0.5, 0.6) is 5.75 Å². The molecule has 0 heterocycles. The monoisotopic (exact) mass is 643 g/mol. The highest BCUT2D eigenvalue weighted by Gasteiger charge is 2.32. The van der Waals surface area contributed by atoms with Crippen molar-refractivity contribution in [3.05, 3.63) is 88.4 Å². The van der Waals surface area contributed by atoms with E-state index in [1.807, 2.05) is 52.0 Å². The first kappa shape index (κ1) is 32.1. The lowest BCUT2D eigenvalue weighted by Gasteiger charge is -2.32. The number of benzene rings is 3. The molecule has 0 radical (unpaired) electrons. The Morgan fingerprint density at radius 2 is 1.54 bits per heavy atom. The predicted octanol–water partition coefficient (Wildman–Crippen LogP) is 5.68. The van der Waals surface area contributed by atoms with Gasteiger partial charge >= 0.3 is 0 Å². The molecule has 220 valence electrons. The molecule has 0 fully saturated rings. The molecule has 2 amide bonds. The number of hydrogen-bond donors (Lipinski definition) is 1. The number of halogens is 1. The molecule has 0 unspecified atom stereocenters. The smallest absolute Gasteiger partial charge is 0.264 e. The second-order valence-electron chi connectivity index (χ2n) is 9.89. The zero-order chi connectivity index (χ0) is 30.2. The number of sulfonamides is 1. The molecule has 0 aliphatic heterocycles. The van der Waals surface area contributed by atoms with Gasteiger partial charge in [-0.1, -0.05) is 52.7 Å². The van der Waals surface area contributed by atoms with Crippen molar-refractivity contribution in [2.24, 2.45) is 0 Å². The molecule has 0 aliphatic rings. The fourth-order valence-corrected chi connectivity index (χ4v) is 5.75. The van der Waals surface area contributed by atoms with Crippen molar-refractivity contribution in [1.82, 2.24) is 10.2 Å². The molecule has 0 spiro atoms. The number of ether oxygens (including phenoxy) is 1. The molecule has 3 aromatic rings. The van der Waals surface area contributed by atoms with Gasteiger partial charge in [-0.3, -0.25) is 13.9 Å². The molecule has 0 aromatic heterocycles. The van der Waals surface area contributed by atoms with E-state index in [2.05, 4.69) is 21.2 Å². The SMILES string of the molecule is CCOc1ccc(N(CC(=O)N(Cc2ccc(Br)cc2)[C@@H](C)C(=O)N[C@@H](C)CC)S(=O)(=O)c2ccc(C)cc2)cc1. The van der Waals surface area contributed by atoms with Gasteiger partial charge in [-0.2, -0.15) is 0 Å². The number of carbonyl (C=O) groups is 2. The summed E-state index contributed by atoms with van der Waals surface area (Å²) in [6.07, 6.45) is 0.736. The maximum absolute atomic E-state index is 14.0. The van der Waals surface area contributed by atoms with Crippen molar-refractivity contribution >= 4 is 43.5 Å². The lowest BCUT2D eigenvalue weighted by Crippen LogP contribution is -2.52. The summed E-state index contributed by atoms with van der Waals surface area (Å²) in [5.41, 5.74) is 2.02. The summed E-state index contributed by atoms with van der Waals surface area (Å²) in [4.78, 5) is 28.6. The lowest BCUT2D eigenvalue weighted by molar-refractivity contribution is -0.139. The van der Waals surface area contributed by atoms with Crippen LogP contribution < -0.4 is 14.4 Å². The van der Waals surface area contributed by atoms with Crippen LogP contribution in [0, 0.1) is 6.92 Å². The molecular weight excluding hydrogens is 606 g/mol. The molecular formula is C31H38BrN3O5S. The Bertz CT molecular complexity index is 1410. The van der Waals surface area contributed by atoms with Crippen molar-refractivity contribution < 1.29 is 22.7 Å². The van der Waals surface area contributed by atoms with Crippen LogP contribution in [0.2, 0.25) is 0 Å². The summed E-state index contributed by atoms with van der Waals surface area (Å²) in [6.45, 7) is 9.34. The number of carbonyl (C=O) groups excluding carboxylic acids is 2. The van der Waals surface area contributed by atoms with E-state index in [-0.39, 0.29) is 23.4 Å². The van der Waals surface area contributed by atoms with Gasteiger partial charge in [0.15, 0.2) is 0 Å². The Morgan fingerprint density at radius 1 is 0.927 bits per heavy atom. The molecule has 41 heavy (non-hydrogen) atoms. The Kier molecular flexibility index (Phi) is 11.4. The van der Waals surface area contributed by atoms with Crippen LogP contribution in [0.15, 0.2) is 82.2 Å². The highest BCUT2D eigenvalue weighted by molar-refractivity contribution is 9.10. The van der Waals surface area contributed by atoms with Gasteiger partial charge in [0.1, 0.15) is 18.3 Å². The maximum atomic E-state index is 14.0. The minimum Gasteiger partial charge on any atom is -0.494 e. The van der Waals surface area contributed by atoms with Crippen LogP contribution in [0.3, 0.4) is 0 Å². The van der Waals surface area contributed by atoms with Gasteiger partial charge < -0.3 is 15.0 Å². The van der Waals surface area contributed by atoms with E-state index in [1.165, 1.54) is 17.0 Å². The van der Waals surface area contributed by atoms with E-state index < -0.39 is 28.5 Å². The van der Waals surface area contributed by atoms with Crippen LogP contribution in [0.4, 0.5) is 5.69 Å². The van der Waals surface area contributed by atoms with Crippen molar-refractivity contribution in [3.8, 4) is 5.75 Å². The number of nitrogens with zero attached hydrogens (tertiary/aromatic N) is 2. The normalized spacial score (nSPS) is 12.7. The Labute approximate surface area is 251 Å². The molecule has 10 heteroatoms. The number of amides is 2. The average molecular weight is 645 g/mol. The van der Waals surface area contributed by atoms with Crippen LogP contribution in [0.25, 0.3) is 0 Å². The maximum Gasteiger partial charge on any atom is 0.264 e. The Morgan fingerprint density at radius 3 is 2.10 bits per heavy atom. The van der Waals surface area contributed by atoms with E-state index in [9.17, 15) is 18.0 Å². The Balaban J connectivity index is 2.02. The summed E-state index contributed by atoms with van der Waals surface area (Å²) in [6, 6.07) is 19.6. The molecule has 0 bridgehead atoms. The highest BCUT2D eigenvalue weighted by Crippen LogP contribution is 2.27. The number of anilines is 1. The summed E-state index contributed by atoms with van der Waals surface area (Å²) in [7, 11) is -4.13. The van der Waals surface area contributed by atoms with Crippen LogP contribution in [0.1, 0.15) is 45.2 Å². The third-order valence-corrected chi connectivity index (χ3v) is 9.07. The molecule has 0 saturated carbocycles. The topological polar surface area (TPSA) is 96.0 Å². The van der Waals surface area contributed by atoms with Gasteiger partial charge in [0.2, 0.25) is 11.8 Å². The summed E-state index contributed by atoms with van der Waals surface area (Å²) >= 11 is 3.42. The Hall–Kier alpha value is -3.37. The van der Waals surface area contributed by atoms with Crippen LogP contribution in [-0.2, 0) is 26.2 Å². The standard InChI is InChI=1S/C31H38BrN3O5S/c1-6-23(4)33-31(37)24(5)34(20-25-10-12-26(32)13-11-25)30(36)21-35(27-14-16-28(17-15-27)40-7-2)41(38,39)29-18-8-22(3)9-19-29/h8-19,23-24H,6-7,20-21H2,1-5H3,(H,33,37)/t23-,24-/m0/s1. The van der Waals surface area contributed by atoms with Crippen molar-refractivity contribution in [3.63, 3.8) is 0 Å². The van der Waals surface area contributed by atoms with Crippen molar-refractivity contribution in [2.45, 2.75) is 64.6 Å². The number of nitrogens with one attached hydrogen (secondary N) is 1. The van der Waals surface area contributed by atoms with E-state index in [4.69, 9.17) is 4.74 Å². The van der Waals surface area contributed by atoms with E-state index in [0.29, 0.717) is 18.0 Å². The second-order valence-corrected chi connectivity index (χ2v) is 12.7. The fraction of sp³-hybridized carbons (Fsp3) is 0.355. The summed E-state index contributed by atoms with van der Waals surface area (Å²) in [5.74, 6) is -0.231. The lowest BCUT2D eigenvalue weighted by atomic mass is 10.1. The number of hydrogen-bond acceptors (Lipinski definition) is 5. The van der Waals surface area contributed by atoms with E-state index in [1.54, 1.807) is 43.3 Å². The van der Waals surface area contributed by atoms with E-state index >= 15 is 0 Å². The molecule has 0 saturated heterocycles. The zero-order valence-electron chi connectivity index (χ0n) is 24.1. The predicted molar refractivity (Wildman–Crippen MR) is 165 cm³/mol. The van der Waals surface area contributed by atoms with Gasteiger partial charge in [0, 0.05) is 17.1 Å². The molecule has 0 aliphatic carbocycles. The van der Waals surface area contributed by atoms with Gasteiger partial charge in [0.25, 0.3) is 10.0 Å². The second kappa shape index (κ2) is 14.5. The molecule has 3 rings (SSSR count). The van der Waals surface area contributed by atoms with Gasteiger partial charge in [0.05, 0.1) is 17.2 Å². The third kappa shape index (κ3) is 8.56. The molecule has 1 N–H and O–H groups in total. The molecule has 3 aromatic carbocycles. The molecule has 2 atom stereocenters. The number of rotatable bonds is 13. The quantitative estimate of drug-likeness (QED) is 0.258. The minimum absolute atomic E-state index is 0.0619. The first-order chi connectivity index (χ1) is 19.5. The largest absolute Gasteiger partial charge is 0.494 e. The number of aryl methyl sites for hydroxylation is 1. The zero-order valence-corrected chi connectivity index (χ0v) is 26.5. The highest BCUT2D eigenvalue weighted by atomic mass is 79.9. The summed E-state index contributed by atoms with van der Waals surface area (Å²) < 4.78 is 35.4. The van der Waals surface area contributed by atoms with Crippen LogP contribution in [-0.4, -0.2) is 50.4 Å². The first-order valence-corrected chi connectivity index (χ1v) is 15.9.